The molecule has 0 bridgehead atoms. The molecule has 0 spiro atoms. The summed E-state index contributed by atoms with van der Waals surface area (Å²) >= 11 is 0. The lowest BCUT2D eigenvalue weighted by Gasteiger charge is -2.16. The van der Waals surface area contributed by atoms with Gasteiger partial charge in [0.05, 0.1) is 7.11 Å². The third-order valence-corrected chi connectivity index (χ3v) is 3.56. The van der Waals surface area contributed by atoms with E-state index in [4.69, 9.17) is 10.5 Å². The monoisotopic (exact) mass is 291 g/mol. The number of nitrogens with two attached hydrogens (primary N) is 1. The number of hydrogen-bond acceptors (Lipinski definition) is 2. The molecule has 2 nitrogen and oxygen atoms in total. The molecule has 21 heavy (non-hydrogen) atoms. The second-order valence-electron chi connectivity index (χ2n) is 5.07. The summed E-state index contributed by atoms with van der Waals surface area (Å²) < 4.78 is 32.0. The zero-order valence-corrected chi connectivity index (χ0v) is 12.0. The minimum Gasteiger partial charge on any atom is -0.497 e. The van der Waals surface area contributed by atoms with Gasteiger partial charge in [-0.2, -0.15) is 0 Å². The van der Waals surface area contributed by atoms with Gasteiger partial charge >= 0.3 is 0 Å². The van der Waals surface area contributed by atoms with Gasteiger partial charge in [-0.25, -0.2) is 8.78 Å². The highest BCUT2D eigenvalue weighted by Crippen LogP contribution is 2.19. The van der Waals surface area contributed by atoms with Crippen LogP contribution in [0.2, 0.25) is 0 Å². The van der Waals surface area contributed by atoms with Gasteiger partial charge in [0.15, 0.2) is 11.6 Å². The van der Waals surface area contributed by atoms with Crippen molar-refractivity contribution < 1.29 is 13.5 Å². The first kappa shape index (κ1) is 15.4. The molecule has 0 heterocycles. The topological polar surface area (TPSA) is 35.2 Å². The molecule has 0 saturated heterocycles. The predicted molar refractivity (Wildman–Crippen MR) is 79.3 cm³/mol. The molecule has 2 aromatic carbocycles. The Balaban J connectivity index is 2.07. The Labute approximate surface area is 123 Å². The van der Waals surface area contributed by atoms with E-state index in [0.717, 1.165) is 23.8 Å². The first-order valence-electron chi connectivity index (χ1n) is 6.90. The standard InChI is InChI=1S/C17H19F2NO/c1-21-15-7-5-12(6-8-15)9-13(11-20)10-14-3-2-4-16(18)17(14)19/h2-8,13H,9-11,20H2,1H3. The van der Waals surface area contributed by atoms with Crippen molar-refractivity contribution in [2.24, 2.45) is 11.7 Å². The first-order valence-corrected chi connectivity index (χ1v) is 6.90. The van der Waals surface area contributed by atoms with Crippen LogP contribution in [0.3, 0.4) is 0 Å². The Morgan fingerprint density at radius 1 is 1.05 bits per heavy atom. The molecule has 0 aromatic heterocycles. The van der Waals surface area contributed by atoms with Gasteiger partial charge in [-0.05, 0) is 54.6 Å². The highest BCUT2D eigenvalue weighted by atomic mass is 19.2. The van der Waals surface area contributed by atoms with Crippen molar-refractivity contribution in [2.45, 2.75) is 12.8 Å². The van der Waals surface area contributed by atoms with Gasteiger partial charge < -0.3 is 10.5 Å². The highest BCUT2D eigenvalue weighted by molar-refractivity contribution is 5.28. The Morgan fingerprint density at radius 2 is 1.76 bits per heavy atom. The van der Waals surface area contributed by atoms with Gasteiger partial charge in [0.2, 0.25) is 0 Å². The largest absolute Gasteiger partial charge is 0.497 e. The summed E-state index contributed by atoms with van der Waals surface area (Å²) in [6, 6.07) is 11.9. The molecule has 1 unspecified atom stereocenters. The Kier molecular flexibility index (Phi) is 5.28. The molecular weight excluding hydrogens is 272 g/mol. The molecule has 4 heteroatoms. The Morgan fingerprint density at radius 3 is 2.38 bits per heavy atom. The lowest BCUT2D eigenvalue weighted by Crippen LogP contribution is -2.20. The molecule has 1 atom stereocenters. The average Bonchev–Trinajstić information content (AvgIpc) is 2.51. The van der Waals surface area contributed by atoms with Crippen LogP contribution in [0.25, 0.3) is 0 Å². The van der Waals surface area contributed by atoms with E-state index < -0.39 is 11.6 Å². The third kappa shape index (κ3) is 4.02. The van der Waals surface area contributed by atoms with Crippen LogP contribution in [-0.2, 0) is 12.8 Å². The van der Waals surface area contributed by atoms with Crippen LogP contribution in [0.4, 0.5) is 8.78 Å². The van der Waals surface area contributed by atoms with Gasteiger partial charge in [-0.1, -0.05) is 24.3 Å². The van der Waals surface area contributed by atoms with Crippen LogP contribution >= 0.6 is 0 Å². The van der Waals surface area contributed by atoms with Crippen LogP contribution in [0.1, 0.15) is 11.1 Å². The first-order chi connectivity index (χ1) is 10.1. The number of halogens is 2. The molecule has 0 fully saturated rings. The SMILES string of the molecule is COc1ccc(CC(CN)Cc2cccc(F)c2F)cc1. The number of benzene rings is 2. The molecule has 112 valence electrons. The molecule has 0 saturated carbocycles. The maximum atomic E-state index is 13.7. The summed E-state index contributed by atoms with van der Waals surface area (Å²) in [5, 5.41) is 0. The molecule has 0 radical (unpaired) electrons. The lowest BCUT2D eigenvalue weighted by molar-refractivity contribution is 0.414. The van der Waals surface area contributed by atoms with E-state index in [2.05, 4.69) is 0 Å². The molecule has 2 N–H and O–H groups in total. The average molecular weight is 291 g/mol. The second-order valence-corrected chi connectivity index (χ2v) is 5.07. The minimum absolute atomic E-state index is 0.0645. The van der Waals surface area contributed by atoms with Gasteiger partial charge in [0.25, 0.3) is 0 Å². The lowest BCUT2D eigenvalue weighted by atomic mass is 9.92. The fourth-order valence-electron chi connectivity index (χ4n) is 2.35. The van der Waals surface area contributed by atoms with E-state index in [1.54, 1.807) is 13.2 Å². The molecule has 2 aromatic rings. The van der Waals surface area contributed by atoms with Crippen LogP contribution in [0.5, 0.6) is 5.75 Å². The third-order valence-electron chi connectivity index (χ3n) is 3.56. The van der Waals surface area contributed by atoms with E-state index in [1.165, 1.54) is 6.07 Å². The number of hydrogen-bond donors (Lipinski definition) is 1. The summed E-state index contributed by atoms with van der Waals surface area (Å²) in [6.07, 6.45) is 1.14. The van der Waals surface area contributed by atoms with Gasteiger partial charge in [-0.3, -0.25) is 0 Å². The van der Waals surface area contributed by atoms with Gasteiger partial charge in [-0.15, -0.1) is 0 Å². The summed E-state index contributed by atoms with van der Waals surface area (Å²) in [5.41, 5.74) is 7.25. The minimum atomic E-state index is -0.812. The fourth-order valence-corrected chi connectivity index (χ4v) is 2.35. The predicted octanol–water partition coefficient (Wildman–Crippen LogP) is 3.33. The van der Waals surface area contributed by atoms with Crippen LogP contribution in [0.15, 0.2) is 42.5 Å². The summed E-state index contributed by atoms with van der Waals surface area (Å²) in [4.78, 5) is 0. The molecule has 0 aliphatic heterocycles. The van der Waals surface area contributed by atoms with Crippen LogP contribution < -0.4 is 10.5 Å². The number of ether oxygens (including phenoxy) is 1. The maximum Gasteiger partial charge on any atom is 0.162 e. The molecular formula is C17H19F2NO. The van der Waals surface area contributed by atoms with Crippen molar-refractivity contribution in [1.82, 2.24) is 0 Å². The fraction of sp³-hybridized carbons (Fsp3) is 0.294. The molecule has 0 aliphatic carbocycles. The van der Waals surface area contributed by atoms with E-state index >= 15 is 0 Å². The normalized spacial score (nSPS) is 12.2. The second kappa shape index (κ2) is 7.18. The van der Waals surface area contributed by atoms with Crippen molar-refractivity contribution in [3.8, 4) is 5.75 Å². The smallest absolute Gasteiger partial charge is 0.162 e. The van der Waals surface area contributed by atoms with Gasteiger partial charge in [0, 0.05) is 0 Å². The molecule has 0 aliphatic rings. The van der Waals surface area contributed by atoms with Crippen LogP contribution in [-0.4, -0.2) is 13.7 Å². The molecule has 0 amide bonds. The van der Waals surface area contributed by atoms with Crippen molar-refractivity contribution in [2.75, 3.05) is 13.7 Å². The zero-order chi connectivity index (χ0) is 15.2. The Bertz CT molecular complexity index is 584. The zero-order valence-electron chi connectivity index (χ0n) is 12.0. The maximum absolute atomic E-state index is 13.7. The quantitative estimate of drug-likeness (QED) is 0.886. The van der Waals surface area contributed by atoms with Crippen molar-refractivity contribution in [3.05, 3.63) is 65.2 Å². The van der Waals surface area contributed by atoms with Crippen molar-refractivity contribution in [1.29, 1.82) is 0 Å². The van der Waals surface area contributed by atoms with Crippen molar-refractivity contribution in [3.63, 3.8) is 0 Å². The Hall–Kier alpha value is -1.94. The van der Waals surface area contributed by atoms with Crippen LogP contribution in [0, 0.1) is 17.6 Å². The molecule has 2 rings (SSSR count). The number of methoxy groups -OCH3 is 1. The summed E-state index contributed by atoms with van der Waals surface area (Å²) in [6.45, 7) is 0.419. The van der Waals surface area contributed by atoms with E-state index in [1.807, 2.05) is 24.3 Å². The summed E-state index contributed by atoms with van der Waals surface area (Å²) in [5.74, 6) is -0.729. The number of rotatable bonds is 6. The van der Waals surface area contributed by atoms with E-state index in [9.17, 15) is 8.78 Å². The van der Waals surface area contributed by atoms with Gasteiger partial charge in [0.1, 0.15) is 5.75 Å². The van der Waals surface area contributed by atoms with E-state index in [0.29, 0.717) is 18.5 Å². The summed E-state index contributed by atoms with van der Waals surface area (Å²) in [7, 11) is 1.62. The van der Waals surface area contributed by atoms with E-state index in [-0.39, 0.29) is 5.92 Å². The van der Waals surface area contributed by atoms with Crippen molar-refractivity contribution >= 4 is 0 Å². The highest BCUT2D eigenvalue weighted by Gasteiger charge is 2.14.